The minimum Gasteiger partial charge on any atom is -0.355 e. The molecule has 1 aromatic carbocycles. The summed E-state index contributed by atoms with van der Waals surface area (Å²) in [7, 11) is 0. The van der Waals surface area contributed by atoms with Gasteiger partial charge in [-0.25, -0.2) is 0 Å². The standard InChI is InChI=1S/C13H12N2O2/c1-3-15-10-7-5-4-6-9(10)12-11(13(15)16)8(2)14-17-12/h4-7H,3H2,1-2H3. The lowest BCUT2D eigenvalue weighted by Crippen LogP contribution is -2.19. The highest BCUT2D eigenvalue weighted by molar-refractivity contribution is 6.02. The van der Waals surface area contributed by atoms with Crippen molar-refractivity contribution in [1.29, 1.82) is 0 Å². The van der Waals surface area contributed by atoms with Crippen LogP contribution in [0.3, 0.4) is 0 Å². The second-order valence-electron chi connectivity index (χ2n) is 4.04. The molecule has 0 fully saturated rings. The number of pyridine rings is 1. The fraction of sp³-hybridized carbons (Fsp3) is 0.231. The van der Waals surface area contributed by atoms with Gasteiger partial charge in [0.2, 0.25) is 0 Å². The molecule has 0 aliphatic heterocycles. The van der Waals surface area contributed by atoms with E-state index in [1.807, 2.05) is 31.2 Å². The first-order valence-electron chi connectivity index (χ1n) is 5.61. The second-order valence-corrected chi connectivity index (χ2v) is 4.04. The van der Waals surface area contributed by atoms with Gasteiger partial charge >= 0.3 is 0 Å². The minimum absolute atomic E-state index is 0.0278. The maximum atomic E-state index is 12.3. The van der Waals surface area contributed by atoms with Crippen molar-refractivity contribution in [2.75, 3.05) is 0 Å². The van der Waals surface area contributed by atoms with E-state index in [0.717, 1.165) is 10.9 Å². The van der Waals surface area contributed by atoms with Gasteiger partial charge in [0.25, 0.3) is 5.56 Å². The van der Waals surface area contributed by atoms with Crippen LogP contribution in [0.15, 0.2) is 33.6 Å². The van der Waals surface area contributed by atoms with Crippen LogP contribution < -0.4 is 5.56 Å². The summed E-state index contributed by atoms with van der Waals surface area (Å²) in [6.07, 6.45) is 0. The lowest BCUT2D eigenvalue weighted by atomic mass is 10.1. The van der Waals surface area contributed by atoms with Crippen LogP contribution in [0.25, 0.3) is 21.9 Å². The van der Waals surface area contributed by atoms with Gasteiger partial charge in [0, 0.05) is 11.9 Å². The van der Waals surface area contributed by atoms with Gasteiger partial charge in [0.15, 0.2) is 5.58 Å². The van der Waals surface area contributed by atoms with E-state index in [0.29, 0.717) is 23.2 Å². The zero-order valence-corrected chi connectivity index (χ0v) is 9.73. The maximum Gasteiger partial charge on any atom is 0.264 e. The second kappa shape index (κ2) is 3.45. The van der Waals surface area contributed by atoms with Gasteiger partial charge in [-0.3, -0.25) is 4.79 Å². The predicted molar refractivity (Wildman–Crippen MR) is 66.2 cm³/mol. The summed E-state index contributed by atoms with van der Waals surface area (Å²) in [5.74, 6) is 0. The Morgan fingerprint density at radius 1 is 1.35 bits per heavy atom. The molecule has 0 aliphatic rings. The molecule has 0 bridgehead atoms. The zero-order chi connectivity index (χ0) is 12.0. The third-order valence-electron chi connectivity index (χ3n) is 3.08. The SMILES string of the molecule is CCn1c(=O)c2c(C)noc2c2ccccc21. The molecule has 2 aromatic heterocycles. The fourth-order valence-electron chi connectivity index (χ4n) is 2.26. The number of hydrogen-bond donors (Lipinski definition) is 0. The van der Waals surface area contributed by atoms with E-state index in [2.05, 4.69) is 5.16 Å². The van der Waals surface area contributed by atoms with E-state index in [1.165, 1.54) is 0 Å². The molecule has 3 rings (SSSR count). The maximum absolute atomic E-state index is 12.3. The smallest absolute Gasteiger partial charge is 0.264 e. The molecular formula is C13H12N2O2. The third-order valence-corrected chi connectivity index (χ3v) is 3.08. The quantitative estimate of drug-likeness (QED) is 0.642. The number of aryl methyl sites for hydroxylation is 2. The van der Waals surface area contributed by atoms with Crippen molar-refractivity contribution < 1.29 is 4.52 Å². The molecule has 17 heavy (non-hydrogen) atoms. The van der Waals surface area contributed by atoms with Gasteiger partial charge in [0.1, 0.15) is 5.39 Å². The van der Waals surface area contributed by atoms with Crippen LogP contribution in [0.1, 0.15) is 12.6 Å². The van der Waals surface area contributed by atoms with Gasteiger partial charge in [-0.15, -0.1) is 0 Å². The Labute approximate surface area is 97.4 Å². The molecule has 0 amide bonds. The monoisotopic (exact) mass is 228 g/mol. The first kappa shape index (κ1) is 10.1. The summed E-state index contributed by atoms with van der Waals surface area (Å²) in [4.78, 5) is 12.3. The van der Waals surface area contributed by atoms with Crippen LogP contribution in [0, 0.1) is 6.92 Å². The molecule has 0 N–H and O–H groups in total. The van der Waals surface area contributed by atoms with Crippen molar-refractivity contribution in [2.45, 2.75) is 20.4 Å². The highest BCUT2D eigenvalue weighted by Gasteiger charge is 2.15. The van der Waals surface area contributed by atoms with E-state index in [9.17, 15) is 4.79 Å². The Bertz CT molecular complexity index is 768. The van der Waals surface area contributed by atoms with E-state index < -0.39 is 0 Å². The first-order valence-corrected chi connectivity index (χ1v) is 5.61. The number of hydrogen-bond acceptors (Lipinski definition) is 3. The van der Waals surface area contributed by atoms with Crippen LogP contribution >= 0.6 is 0 Å². The Balaban J connectivity index is 2.70. The Hall–Kier alpha value is -2.10. The summed E-state index contributed by atoms with van der Waals surface area (Å²) in [5, 5.41) is 5.42. The summed E-state index contributed by atoms with van der Waals surface area (Å²) in [5.41, 5.74) is 2.11. The van der Waals surface area contributed by atoms with Crippen LogP contribution in [-0.4, -0.2) is 9.72 Å². The predicted octanol–water partition coefficient (Wildman–Crippen LogP) is 2.47. The molecule has 0 radical (unpaired) electrons. The van der Waals surface area contributed by atoms with Crippen molar-refractivity contribution >= 4 is 21.9 Å². The molecule has 4 heteroatoms. The van der Waals surface area contributed by atoms with Crippen molar-refractivity contribution in [2.24, 2.45) is 0 Å². The number of nitrogens with zero attached hydrogens (tertiary/aromatic N) is 2. The van der Waals surface area contributed by atoms with Crippen molar-refractivity contribution in [3.63, 3.8) is 0 Å². The van der Waals surface area contributed by atoms with E-state index in [1.54, 1.807) is 11.5 Å². The number of fused-ring (bicyclic) bond motifs is 3. The fourth-order valence-corrected chi connectivity index (χ4v) is 2.26. The molecule has 2 heterocycles. The average Bonchev–Trinajstić information content (AvgIpc) is 2.73. The average molecular weight is 228 g/mol. The normalized spacial score (nSPS) is 11.4. The van der Waals surface area contributed by atoms with Gasteiger partial charge in [0.05, 0.1) is 11.2 Å². The largest absolute Gasteiger partial charge is 0.355 e. The summed E-state index contributed by atoms with van der Waals surface area (Å²) >= 11 is 0. The summed E-state index contributed by atoms with van der Waals surface area (Å²) < 4.78 is 7.03. The molecule has 86 valence electrons. The minimum atomic E-state index is -0.0278. The summed E-state index contributed by atoms with van der Waals surface area (Å²) in [6.45, 7) is 4.39. The highest BCUT2D eigenvalue weighted by atomic mass is 16.5. The lowest BCUT2D eigenvalue weighted by molar-refractivity contribution is 0.452. The van der Waals surface area contributed by atoms with E-state index >= 15 is 0 Å². The Kier molecular flexibility index (Phi) is 2.04. The van der Waals surface area contributed by atoms with Gasteiger partial charge < -0.3 is 9.09 Å². The molecule has 0 atom stereocenters. The lowest BCUT2D eigenvalue weighted by Gasteiger charge is -2.07. The number of rotatable bonds is 1. The number of aromatic nitrogens is 2. The van der Waals surface area contributed by atoms with Crippen molar-refractivity contribution in [3.8, 4) is 0 Å². The molecule has 4 nitrogen and oxygen atoms in total. The zero-order valence-electron chi connectivity index (χ0n) is 9.73. The van der Waals surface area contributed by atoms with Gasteiger partial charge in [-0.1, -0.05) is 17.3 Å². The van der Waals surface area contributed by atoms with Crippen molar-refractivity contribution in [1.82, 2.24) is 9.72 Å². The molecular weight excluding hydrogens is 216 g/mol. The van der Waals surface area contributed by atoms with E-state index in [-0.39, 0.29) is 5.56 Å². The van der Waals surface area contributed by atoms with Gasteiger partial charge in [-0.05, 0) is 26.0 Å². The van der Waals surface area contributed by atoms with Crippen LogP contribution in [-0.2, 0) is 6.54 Å². The van der Waals surface area contributed by atoms with Crippen LogP contribution in [0.5, 0.6) is 0 Å². The molecule has 0 spiro atoms. The topological polar surface area (TPSA) is 48.0 Å². The van der Waals surface area contributed by atoms with Crippen LogP contribution in [0.4, 0.5) is 0 Å². The molecule has 0 aliphatic carbocycles. The van der Waals surface area contributed by atoms with E-state index in [4.69, 9.17) is 4.52 Å². The number of para-hydroxylation sites is 1. The van der Waals surface area contributed by atoms with Crippen molar-refractivity contribution in [3.05, 3.63) is 40.3 Å². The van der Waals surface area contributed by atoms with Crippen LogP contribution in [0.2, 0.25) is 0 Å². The number of benzene rings is 1. The Morgan fingerprint density at radius 3 is 2.88 bits per heavy atom. The first-order chi connectivity index (χ1) is 8.24. The third kappa shape index (κ3) is 1.24. The molecule has 0 saturated heterocycles. The molecule has 3 aromatic rings. The van der Waals surface area contributed by atoms with Gasteiger partial charge in [-0.2, -0.15) is 0 Å². The highest BCUT2D eigenvalue weighted by Crippen LogP contribution is 2.24. The molecule has 0 unspecified atom stereocenters. The summed E-state index contributed by atoms with van der Waals surface area (Å²) in [6, 6.07) is 7.73. The molecule has 0 saturated carbocycles. The Morgan fingerprint density at radius 2 is 2.12 bits per heavy atom.